The highest BCUT2D eigenvalue weighted by Crippen LogP contribution is 2.42. The summed E-state index contributed by atoms with van der Waals surface area (Å²) < 4.78 is 0. The summed E-state index contributed by atoms with van der Waals surface area (Å²) in [6.45, 7) is 4.31. The monoisotopic (exact) mass is 420 g/mol. The fourth-order valence-electron chi connectivity index (χ4n) is 4.10. The van der Waals surface area contributed by atoms with Crippen molar-refractivity contribution in [3.63, 3.8) is 0 Å². The Labute approximate surface area is 182 Å². The molecule has 2 aliphatic rings. The fraction of sp³-hybridized carbons (Fsp3) is 0.360. The second kappa shape index (κ2) is 8.68. The number of rotatable bonds is 3. The lowest BCUT2D eigenvalue weighted by molar-refractivity contribution is -0.114. The minimum atomic E-state index is -0.0514. The van der Waals surface area contributed by atoms with E-state index in [0.717, 1.165) is 40.5 Å². The molecular weight excluding hydrogens is 392 g/mol. The first-order valence-corrected chi connectivity index (χ1v) is 11.4. The van der Waals surface area contributed by atoms with Gasteiger partial charge in [-0.2, -0.15) is 0 Å². The van der Waals surface area contributed by atoms with Gasteiger partial charge in [0.25, 0.3) is 11.8 Å². The standard InChI is InChI=1S/C25H28N2O2S/c1-16-8-11-20(12-9-16)26-24(28)19-10-13-22-21(14-19)27(3)25(29)23(30-22)15-18-7-5-4-6-17(18)2/h4-7,10,13-16,20H,8-9,11-12H2,1-3H3,(H,26,28)/b23-15-. The van der Waals surface area contributed by atoms with E-state index >= 15 is 0 Å². The molecule has 5 heteroatoms. The van der Waals surface area contributed by atoms with Crippen LogP contribution in [0.3, 0.4) is 0 Å². The summed E-state index contributed by atoms with van der Waals surface area (Å²) in [5, 5.41) is 3.18. The number of benzene rings is 2. The van der Waals surface area contributed by atoms with Gasteiger partial charge >= 0.3 is 0 Å². The molecule has 0 unspecified atom stereocenters. The summed E-state index contributed by atoms with van der Waals surface area (Å²) in [7, 11) is 1.77. The van der Waals surface area contributed by atoms with Crippen LogP contribution in [0.2, 0.25) is 0 Å². The van der Waals surface area contributed by atoms with Crippen LogP contribution in [-0.2, 0) is 4.79 Å². The van der Waals surface area contributed by atoms with Crippen molar-refractivity contribution in [3.8, 4) is 0 Å². The lowest BCUT2D eigenvalue weighted by Crippen LogP contribution is -2.37. The lowest BCUT2D eigenvalue weighted by atomic mass is 9.87. The SMILES string of the molecule is Cc1ccccc1/C=C1\Sc2ccc(C(=O)NC3CCC(C)CC3)cc2N(C)C1=O. The molecular formula is C25H28N2O2S. The van der Waals surface area contributed by atoms with Crippen molar-refractivity contribution in [2.75, 3.05) is 11.9 Å². The zero-order valence-electron chi connectivity index (χ0n) is 17.8. The van der Waals surface area contributed by atoms with Gasteiger partial charge in [-0.3, -0.25) is 9.59 Å². The fourth-order valence-corrected chi connectivity index (χ4v) is 5.18. The van der Waals surface area contributed by atoms with Crippen molar-refractivity contribution < 1.29 is 9.59 Å². The third kappa shape index (κ3) is 4.31. The van der Waals surface area contributed by atoms with Crippen molar-refractivity contribution in [2.24, 2.45) is 5.92 Å². The Balaban J connectivity index is 1.54. The van der Waals surface area contributed by atoms with Crippen LogP contribution in [-0.4, -0.2) is 24.9 Å². The van der Waals surface area contributed by atoms with Crippen molar-refractivity contribution in [2.45, 2.75) is 50.5 Å². The topological polar surface area (TPSA) is 49.4 Å². The quantitative estimate of drug-likeness (QED) is 0.675. The molecule has 2 aromatic carbocycles. The molecule has 1 saturated carbocycles. The average Bonchev–Trinajstić information content (AvgIpc) is 2.74. The highest BCUT2D eigenvalue weighted by Gasteiger charge is 2.28. The Morgan fingerprint density at radius 2 is 1.87 bits per heavy atom. The van der Waals surface area contributed by atoms with Gasteiger partial charge in [-0.15, -0.1) is 0 Å². The number of nitrogens with one attached hydrogen (secondary N) is 1. The normalized spacial score (nSPS) is 22.7. The molecule has 0 aromatic heterocycles. The van der Waals surface area contributed by atoms with Crippen LogP contribution >= 0.6 is 11.8 Å². The number of thioether (sulfide) groups is 1. The van der Waals surface area contributed by atoms with Crippen LogP contribution < -0.4 is 10.2 Å². The molecule has 4 nitrogen and oxygen atoms in total. The first-order chi connectivity index (χ1) is 14.4. The largest absolute Gasteiger partial charge is 0.349 e. The van der Waals surface area contributed by atoms with Crippen LogP contribution in [0.15, 0.2) is 52.3 Å². The number of likely N-dealkylation sites (N-methyl/N-ethyl adjacent to an activating group) is 1. The van der Waals surface area contributed by atoms with Crippen molar-refractivity contribution in [1.82, 2.24) is 5.32 Å². The predicted octanol–water partition coefficient (Wildman–Crippen LogP) is 5.41. The number of carbonyl (C=O) groups excluding carboxylic acids is 2. The molecule has 156 valence electrons. The minimum absolute atomic E-state index is 0.0467. The molecule has 1 N–H and O–H groups in total. The number of fused-ring (bicyclic) bond motifs is 1. The molecule has 0 atom stereocenters. The molecule has 1 aliphatic carbocycles. The van der Waals surface area contributed by atoms with Gasteiger partial charge < -0.3 is 10.2 Å². The Hall–Kier alpha value is -2.53. The van der Waals surface area contributed by atoms with E-state index < -0.39 is 0 Å². The van der Waals surface area contributed by atoms with E-state index in [4.69, 9.17) is 0 Å². The maximum absolute atomic E-state index is 13.0. The second-order valence-corrected chi connectivity index (χ2v) is 9.53. The van der Waals surface area contributed by atoms with Gasteiger partial charge in [0.15, 0.2) is 0 Å². The molecule has 0 saturated heterocycles. The first kappa shape index (κ1) is 20.7. The second-order valence-electron chi connectivity index (χ2n) is 8.44. The van der Waals surface area contributed by atoms with Gasteiger partial charge in [0, 0.05) is 23.5 Å². The molecule has 0 spiro atoms. The zero-order chi connectivity index (χ0) is 21.3. The predicted molar refractivity (Wildman–Crippen MR) is 124 cm³/mol. The first-order valence-electron chi connectivity index (χ1n) is 10.6. The summed E-state index contributed by atoms with van der Waals surface area (Å²) in [5.74, 6) is 0.652. The van der Waals surface area contributed by atoms with Crippen molar-refractivity contribution in [1.29, 1.82) is 0 Å². The molecule has 4 rings (SSSR count). The van der Waals surface area contributed by atoms with Gasteiger partial charge in [-0.1, -0.05) is 43.0 Å². The van der Waals surface area contributed by atoms with E-state index in [2.05, 4.69) is 12.2 Å². The Bertz CT molecular complexity index is 1010. The smallest absolute Gasteiger partial charge is 0.264 e. The average molecular weight is 421 g/mol. The van der Waals surface area contributed by atoms with E-state index in [1.54, 1.807) is 11.9 Å². The maximum atomic E-state index is 13.0. The Morgan fingerprint density at radius 3 is 2.60 bits per heavy atom. The van der Waals surface area contributed by atoms with Crippen LogP contribution in [0.25, 0.3) is 6.08 Å². The van der Waals surface area contributed by atoms with E-state index in [0.29, 0.717) is 10.5 Å². The highest BCUT2D eigenvalue weighted by atomic mass is 32.2. The third-order valence-corrected chi connectivity index (χ3v) is 7.22. The summed E-state index contributed by atoms with van der Waals surface area (Å²) in [6, 6.07) is 13.9. The number of carbonyl (C=O) groups is 2. The van der Waals surface area contributed by atoms with Crippen molar-refractivity contribution in [3.05, 3.63) is 64.1 Å². The van der Waals surface area contributed by atoms with Crippen LogP contribution in [0.4, 0.5) is 5.69 Å². The lowest BCUT2D eigenvalue weighted by Gasteiger charge is -2.28. The number of hydrogen-bond donors (Lipinski definition) is 1. The van der Waals surface area contributed by atoms with Crippen LogP contribution in [0, 0.1) is 12.8 Å². The molecule has 0 bridgehead atoms. The molecule has 0 radical (unpaired) electrons. The molecule has 30 heavy (non-hydrogen) atoms. The Morgan fingerprint density at radius 1 is 1.13 bits per heavy atom. The van der Waals surface area contributed by atoms with E-state index in [1.807, 2.05) is 55.5 Å². The van der Waals surface area contributed by atoms with Gasteiger partial charge in [-0.25, -0.2) is 0 Å². The number of amides is 2. The number of nitrogens with zero attached hydrogens (tertiary/aromatic N) is 1. The van der Waals surface area contributed by atoms with Gasteiger partial charge in [0.05, 0.1) is 10.6 Å². The molecule has 1 heterocycles. The maximum Gasteiger partial charge on any atom is 0.264 e. The van der Waals surface area contributed by atoms with Crippen LogP contribution in [0.1, 0.15) is 54.1 Å². The molecule has 2 amide bonds. The third-order valence-electron chi connectivity index (χ3n) is 6.14. The molecule has 2 aromatic rings. The van der Waals surface area contributed by atoms with E-state index in [1.165, 1.54) is 24.6 Å². The highest BCUT2D eigenvalue weighted by molar-refractivity contribution is 8.04. The molecule has 1 fully saturated rings. The Kier molecular flexibility index (Phi) is 6.00. The zero-order valence-corrected chi connectivity index (χ0v) is 18.6. The van der Waals surface area contributed by atoms with Crippen molar-refractivity contribution >= 4 is 35.3 Å². The van der Waals surface area contributed by atoms with Gasteiger partial charge in [0.1, 0.15) is 0 Å². The van der Waals surface area contributed by atoms with E-state index in [9.17, 15) is 9.59 Å². The summed E-state index contributed by atoms with van der Waals surface area (Å²) in [6.07, 6.45) is 6.36. The van der Waals surface area contributed by atoms with Crippen LogP contribution in [0.5, 0.6) is 0 Å². The minimum Gasteiger partial charge on any atom is -0.349 e. The summed E-state index contributed by atoms with van der Waals surface area (Å²) in [5.41, 5.74) is 3.58. The number of anilines is 1. The number of aryl methyl sites for hydroxylation is 1. The van der Waals surface area contributed by atoms with E-state index in [-0.39, 0.29) is 17.9 Å². The summed E-state index contributed by atoms with van der Waals surface area (Å²) in [4.78, 5) is 29.1. The molecule has 1 aliphatic heterocycles. The number of hydrogen-bond acceptors (Lipinski definition) is 3. The summed E-state index contributed by atoms with van der Waals surface area (Å²) >= 11 is 1.47. The van der Waals surface area contributed by atoms with Gasteiger partial charge in [0.2, 0.25) is 0 Å². The van der Waals surface area contributed by atoms with Gasteiger partial charge in [-0.05, 0) is 73.9 Å².